The zero-order valence-corrected chi connectivity index (χ0v) is 16.8. The molecule has 0 atom stereocenters. The normalized spacial score (nSPS) is 12.7. The van der Waals surface area contributed by atoms with Crippen molar-refractivity contribution in [3.8, 4) is 0 Å². The van der Waals surface area contributed by atoms with E-state index in [1.165, 1.54) is 14.2 Å². The van der Waals surface area contributed by atoms with Gasteiger partial charge in [0, 0.05) is 14.3 Å². The lowest BCUT2D eigenvalue weighted by molar-refractivity contribution is -0.140. The SMILES string of the molecule is COC(=O)CC1=C(CC(=O)OC)c2cc(Br)ccc2Sc2ccccc21. The molecule has 4 nitrogen and oxygen atoms in total. The van der Waals surface area contributed by atoms with Crippen LogP contribution in [0.3, 0.4) is 0 Å². The maximum atomic E-state index is 12.1. The molecule has 0 spiro atoms. The quantitative estimate of drug-likeness (QED) is 0.639. The molecule has 2 aromatic rings. The second-order valence-corrected chi connectivity index (χ2v) is 7.70. The van der Waals surface area contributed by atoms with Gasteiger partial charge in [0.2, 0.25) is 0 Å². The Kier molecular flexibility index (Phi) is 5.84. The third-order valence-electron chi connectivity index (χ3n) is 4.16. The first-order valence-electron chi connectivity index (χ1n) is 7.96. The van der Waals surface area contributed by atoms with Gasteiger partial charge in [-0.05, 0) is 46.5 Å². The van der Waals surface area contributed by atoms with Crippen LogP contribution in [0, 0.1) is 0 Å². The summed E-state index contributed by atoms with van der Waals surface area (Å²) < 4.78 is 10.7. The molecule has 1 aliphatic heterocycles. The van der Waals surface area contributed by atoms with E-state index in [1.807, 2.05) is 42.5 Å². The highest BCUT2D eigenvalue weighted by Crippen LogP contribution is 2.46. The minimum absolute atomic E-state index is 0.0845. The van der Waals surface area contributed by atoms with Crippen molar-refractivity contribution in [2.45, 2.75) is 22.6 Å². The van der Waals surface area contributed by atoms with Gasteiger partial charge in [-0.2, -0.15) is 0 Å². The van der Waals surface area contributed by atoms with Crippen molar-refractivity contribution in [3.05, 3.63) is 58.1 Å². The monoisotopic (exact) mass is 432 g/mol. The number of carbonyl (C=O) groups is 2. The zero-order valence-electron chi connectivity index (χ0n) is 14.4. The van der Waals surface area contributed by atoms with E-state index in [0.717, 1.165) is 36.5 Å². The standard InChI is InChI=1S/C20H17BrO4S/c1-24-19(22)10-14-13-5-3-4-6-17(13)26-18-8-7-12(21)9-16(18)15(14)11-20(23)25-2/h3-9H,10-11H2,1-2H3. The third kappa shape index (κ3) is 3.86. The van der Waals surface area contributed by atoms with Crippen LogP contribution in [0.25, 0.3) is 11.1 Å². The van der Waals surface area contributed by atoms with Gasteiger partial charge in [-0.15, -0.1) is 0 Å². The first-order valence-corrected chi connectivity index (χ1v) is 9.57. The van der Waals surface area contributed by atoms with Crippen LogP contribution >= 0.6 is 27.7 Å². The van der Waals surface area contributed by atoms with Gasteiger partial charge in [-0.25, -0.2) is 0 Å². The summed E-state index contributed by atoms with van der Waals surface area (Å²) >= 11 is 5.13. The number of hydrogen-bond acceptors (Lipinski definition) is 5. The van der Waals surface area contributed by atoms with Crippen molar-refractivity contribution in [2.75, 3.05) is 14.2 Å². The molecule has 0 saturated carbocycles. The van der Waals surface area contributed by atoms with E-state index < -0.39 is 0 Å². The van der Waals surface area contributed by atoms with E-state index in [0.29, 0.717) is 0 Å². The summed E-state index contributed by atoms with van der Waals surface area (Å²) in [6, 6.07) is 13.8. The fraction of sp³-hybridized carbons (Fsp3) is 0.200. The second-order valence-electron chi connectivity index (χ2n) is 5.70. The molecule has 134 valence electrons. The van der Waals surface area contributed by atoms with Gasteiger partial charge in [-0.3, -0.25) is 9.59 Å². The molecule has 3 rings (SSSR count). The van der Waals surface area contributed by atoms with Crippen LogP contribution in [-0.2, 0) is 19.1 Å². The number of benzene rings is 2. The molecule has 0 saturated heterocycles. The summed E-state index contributed by atoms with van der Waals surface area (Å²) in [5.74, 6) is -0.696. The Hall–Kier alpha value is -2.05. The Labute approximate surface area is 164 Å². The van der Waals surface area contributed by atoms with Crippen LogP contribution in [0.1, 0.15) is 24.0 Å². The number of rotatable bonds is 4. The lowest BCUT2D eigenvalue weighted by Gasteiger charge is -2.15. The lowest BCUT2D eigenvalue weighted by Crippen LogP contribution is -2.07. The fourth-order valence-electron chi connectivity index (χ4n) is 2.91. The first kappa shape index (κ1) is 18.7. The van der Waals surface area contributed by atoms with Crippen molar-refractivity contribution in [2.24, 2.45) is 0 Å². The summed E-state index contributed by atoms with van der Waals surface area (Å²) in [5, 5.41) is 0. The largest absolute Gasteiger partial charge is 0.469 e. The van der Waals surface area contributed by atoms with E-state index in [9.17, 15) is 9.59 Å². The summed E-state index contributed by atoms with van der Waals surface area (Å²) in [5.41, 5.74) is 3.44. The summed E-state index contributed by atoms with van der Waals surface area (Å²) in [6.45, 7) is 0. The van der Waals surface area contributed by atoms with E-state index >= 15 is 0 Å². The number of carbonyl (C=O) groups excluding carboxylic acids is 2. The Morgan fingerprint density at radius 1 is 0.885 bits per heavy atom. The Bertz CT molecular complexity index is 904. The average Bonchev–Trinajstić information content (AvgIpc) is 2.77. The number of hydrogen-bond donors (Lipinski definition) is 0. The molecule has 1 aliphatic rings. The van der Waals surface area contributed by atoms with Crippen molar-refractivity contribution < 1.29 is 19.1 Å². The number of fused-ring (bicyclic) bond motifs is 2. The number of ether oxygens (including phenoxy) is 2. The minimum Gasteiger partial charge on any atom is -0.469 e. The van der Waals surface area contributed by atoms with E-state index in [4.69, 9.17) is 9.47 Å². The van der Waals surface area contributed by atoms with Gasteiger partial charge in [0.1, 0.15) is 0 Å². The summed E-state index contributed by atoms with van der Waals surface area (Å²) in [7, 11) is 2.73. The highest BCUT2D eigenvalue weighted by molar-refractivity contribution is 9.10. The van der Waals surface area contributed by atoms with Crippen molar-refractivity contribution in [1.29, 1.82) is 0 Å². The van der Waals surface area contributed by atoms with Crippen LogP contribution in [0.2, 0.25) is 0 Å². The zero-order chi connectivity index (χ0) is 18.7. The molecule has 0 fully saturated rings. The van der Waals surface area contributed by atoms with E-state index in [2.05, 4.69) is 15.9 Å². The van der Waals surface area contributed by atoms with E-state index in [-0.39, 0.29) is 24.8 Å². The number of esters is 2. The van der Waals surface area contributed by atoms with Crippen molar-refractivity contribution in [1.82, 2.24) is 0 Å². The second kappa shape index (κ2) is 8.10. The van der Waals surface area contributed by atoms with Gasteiger partial charge in [0.15, 0.2) is 0 Å². The van der Waals surface area contributed by atoms with Gasteiger partial charge in [0.25, 0.3) is 0 Å². The molecule has 1 heterocycles. The molecule has 0 unspecified atom stereocenters. The summed E-state index contributed by atoms with van der Waals surface area (Å²) in [4.78, 5) is 26.3. The Balaban J connectivity index is 2.30. The molecule has 26 heavy (non-hydrogen) atoms. The third-order valence-corrected chi connectivity index (χ3v) is 5.81. The van der Waals surface area contributed by atoms with E-state index in [1.54, 1.807) is 11.8 Å². The van der Waals surface area contributed by atoms with Crippen molar-refractivity contribution >= 4 is 50.8 Å². The maximum Gasteiger partial charge on any atom is 0.310 e. The predicted octanol–water partition coefficient (Wildman–Crippen LogP) is 4.95. The lowest BCUT2D eigenvalue weighted by atomic mass is 9.90. The molecule has 0 N–H and O–H groups in total. The smallest absolute Gasteiger partial charge is 0.310 e. The van der Waals surface area contributed by atoms with Crippen LogP contribution in [-0.4, -0.2) is 26.2 Å². The number of methoxy groups -OCH3 is 2. The number of halogens is 1. The average molecular weight is 433 g/mol. The van der Waals surface area contributed by atoms with Crippen LogP contribution in [0.5, 0.6) is 0 Å². The molecule has 0 aromatic heterocycles. The van der Waals surface area contributed by atoms with Gasteiger partial charge in [-0.1, -0.05) is 45.9 Å². The topological polar surface area (TPSA) is 52.6 Å². The Morgan fingerprint density at radius 3 is 2.12 bits per heavy atom. The highest BCUT2D eigenvalue weighted by atomic mass is 79.9. The van der Waals surface area contributed by atoms with Crippen LogP contribution in [0.15, 0.2) is 56.7 Å². The van der Waals surface area contributed by atoms with Crippen LogP contribution < -0.4 is 0 Å². The molecule has 2 aromatic carbocycles. The van der Waals surface area contributed by atoms with Gasteiger partial charge >= 0.3 is 11.9 Å². The first-order chi connectivity index (χ1) is 12.5. The van der Waals surface area contributed by atoms with Gasteiger partial charge in [0.05, 0.1) is 27.1 Å². The van der Waals surface area contributed by atoms with Crippen LogP contribution in [0.4, 0.5) is 0 Å². The molecular weight excluding hydrogens is 416 g/mol. The Morgan fingerprint density at radius 2 is 1.46 bits per heavy atom. The minimum atomic E-state index is -0.349. The molecule has 0 aliphatic carbocycles. The molecular formula is C20H17BrO4S. The highest BCUT2D eigenvalue weighted by Gasteiger charge is 2.25. The molecule has 0 radical (unpaired) electrons. The summed E-state index contributed by atoms with van der Waals surface area (Å²) in [6.07, 6.45) is 0.174. The van der Waals surface area contributed by atoms with Crippen molar-refractivity contribution in [3.63, 3.8) is 0 Å². The molecule has 0 bridgehead atoms. The fourth-order valence-corrected chi connectivity index (χ4v) is 4.39. The molecule has 6 heteroatoms. The predicted molar refractivity (Wildman–Crippen MR) is 105 cm³/mol. The van der Waals surface area contributed by atoms with Gasteiger partial charge < -0.3 is 9.47 Å². The maximum absolute atomic E-state index is 12.1. The molecule has 0 amide bonds.